The van der Waals surface area contributed by atoms with E-state index >= 15 is 0 Å². The molecule has 82 valence electrons. The largest absolute Gasteiger partial charge is 0.385 e. The number of aliphatic hydroxyl groups excluding tert-OH is 1. The van der Waals surface area contributed by atoms with Crippen molar-refractivity contribution in [3.63, 3.8) is 0 Å². The maximum absolute atomic E-state index is 12.0. The van der Waals surface area contributed by atoms with Crippen molar-refractivity contribution in [1.82, 2.24) is 0 Å². The molecule has 1 aliphatic heterocycles. The number of hydrogen-bond donors (Lipinski definition) is 1. The van der Waals surface area contributed by atoms with E-state index < -0.39 is 11.5 Å². The number of ether oxygens (including phenoxy) is 1. The third kappa shape index (κ3) is 1.16. The van der Waals surface area contributed by atoms with Crippen molar-refractivity contribution >= 4 is 5.78 Å². The molecule has 1 saturated carbocycles. The molecule has 4 atom stereocenters. The van der Waals surface area contributed by atoms with Gasteiger partial charge < -0.3 is 9.84 Å². The third-order valence-electron chi connectivity index (χ3n) is 4.10. The molecule has 0 aromatic carbocycles. The number of rotatable bonds is 1. The van der Waals surface area contributed by atoms with Crippen LogP contribution in [0.3, 0.4) is 0 Å². The van der Waals surface area contributed by atoms with E-state index in [1.54, 1.807) is 0 Å². The summed E-state index contributed by atoms with van der Waals surface area (Å²) in [5.74, 6) is 0.0323. The van der Waals surface area contributed by atoms with Crippen molar-refractivity contribution in [2.24, 2.45) is 11.3 Å². The van der Waals surface area contributed by atoms with E-state index in [0.717, 1.165) is 32.3 Å². The molecule has 0 aromatic rings. The first-order valence-electron chi connectivity index (χ1n) is 5.77. The van der Waals surface area contributed by atoms with Crippen molar-refractivity contribution < 1.29 is 14.6 Å². The number of fused-ring (bicyclic) bond motifs is 2. The van der Waals surface area contributed by atoms with Crippen molar-refractivity contribution in [3.8, 4) is 0 Å². The van der Waals surface area contributed by atoms with Crippen LogP contribution in [0.2, 0.25) is 0 Å². The minimum absolute atomic E-state index is 0.0112. The minimum atomic E-state index is -0.777. The highest BCUT2D eigenvalue weighted by atomic mass is 16.5. The summed E-state index contributed by atoms with van der Waals surface area (Å²) in [5.41, 5.74) is -0.482. The summed E-state index contributed by atoms with van der Waals surface area (Å²) in [5, 5.41) is 9.73. The average molecular weight is 208 g/mol. The Morgan fingerprint density at radius 1 is 1.47 bits per heavy atom. The van der Waals surface area contributed by atoms with Crippen LogP contribution in [0, 0.1) is 11.3 Å². The van der Waals surface area contributed by atoms with E-state index in [-0.39, 0.29) is 17.8 Å². The van der Waals surface area contributed by atoms with E-state index in [9.17, 15) is 9.90 Å². The molecule has 3 heteroatoms. The van der Waals surface area contributed by atoms with Crippen molar-refractivity contribution in [2.45, 2.75) is 37.9 Å². The first-order valence-corrected chi connectivity index (χ1v) is 5.77. The van der Waals surface area contributed by atoms with Gasteiger partial charge in [-0.2, -0.15) is 0 Å². The van der Waals surface area contributed by atoms with Gasteiger partial charge >= 0.3 is 0 Å². The fraction of sp³-hybridized carbons (Fsp3) is 0.750. The number of carbonyl (C=O) groups excluding carboxylic acids is 1. The third-order valence-corrected chi connectivity index (χ3v) is 4.10. The molecule has 15 heavy (non-hydrogen) atoms. The van der Waals surface area contributed by atoms with Gasteiger partial charge in [0.1, 0.15) is 6.10 Å². The van der Waals surface area contributed by atoms with Crippen LogP contribution in [0.15, 0.2) is 12.2 Å². The van der Waals surface area contributed by atoms with Crippen LogP contribution in [0.4, 0.5) is 0 Å². The topological polar surface area (TPSA) is 46.5 Å². The zero-order valence-electron chi connectivity index (χ0n) is 8.69. The Hall–Kier alpha value is -0.670. The molecular weight excluding hydrogens is 192 g/mol. The molecule has 1 N–H and O–H groups in total. The second-order valence-corrected chi connectivity index (χ2v) is 4.93. The van der Waals surface area contributed by atoms with Gasteiger partial charge in [-0.1, -0.05) is 12.2 Å². The van der Waals surface area contributed by atoms with Gasteiger partial charge in [0.2, 0.25) is 0 Å². The zero-order chi connectivity index (χ0) is 10.5. The SMILES string of the molecule is O=C1[C@@H](O)[C@H]2C=C[C@@]1([C@@H]1CCCCO1)C2. The summed E-state index contributed by atoms with van der Waals surface area (Å²) < 4.78 is 5.72. The van der Waals surface area contributed by atoms with Gasteiger partial charge in [-0.05, 0) is 25.7 Å². The second-order valence-electron chi connectivity index (χ2n) is 4.93. The van der Waals surface area contributed by atoms with Gasteiger partial charge in [-0.3, -0.25) is 4.79 Å². The van der Waals surface area contributed by atoms with Crippen LogP contribution >= 0.6 is 0 Å². The Morgan fingerprint density at radius 3 is 2.93 bits per heavy atom. The normalized spacial score (nSPS) is 48.9. The highest BCUT2D eigenvalue weighted by Crippen LogP contribution is 2.51. The Labute approximate surface area is 89.1 Å². The van der Waals surface area contributed by atoms with E-state index in [0.29, 0.717) is 0 Å². The minimum Gasteiger partial charge on any atom is -0.385 e. The summed E-state index contributed by atoms with van der Waals surface area (Å²) in [7, 11) is 0. The molecule has 1 saturated heterocycles. The lowest BCUT2D eigenvalue weighted by molar-refractivity contribution is -0.140. The standard InChI is InChI=1S/C12H16O3/c13-10-8-4-5-12(7-8,11(10)14)9-3-1-2-6-15-9/h4-5,8-10,13H,1-3,6-7H2/t8-,9-,10-,12-/m0/s1. The Morgan fingerprint density at radius 2 is 2.33 bits per heavy atom. The van der Waals surface area contributed by atoms with Gasteiger partial charge in [-0.25, -0.2) is 0 Å². The average Bonchev–Trinajstić information content (AvgIpc) is 2.82. The van der Waals surface area contributed by atoms with Crippen molar-refractivity contribution in [1.29, 1.82) is 0 Å². The molecule has 0 aromatic heterocycles. The molecule has 2 aliphatic carbocycles. The van der Waals surface area contributed by atoms with Gasteiger partial charge in [-0.15, -0.1) is 0 Å². The maximum Gasteiger partial charge on any atom is 0.174 e. The van der Waals surface area contributed by atoms with Gasteiger partial charge in [0.05, 0.1) is 11.5 Å². The number of carbonyl (C=O) groups is 1. The summed E-state index contributed by atoms with van der Waals surface area (Å²) >= 11 is 0. The highest BCUT2D eigenvalue weighted by Gasteiger charge is 2.58. The lowest BCUT2D eigenvalue weighted by Crippen LogP contribution is -2.43. The van der Waals surface area contributed by atoms with E-state index in [4.69, 9.17) is 4.74 Å². The number of hydrogen-bond acceptors (Lipinski definition) is 3. The molecule has 0 spiro atoms. The quantitative estimate of drug-likeness (QED) is 0.655. The van der Waals surface area contributed by atoms with Gasteiger partial charge in [0, 0.05) is 12.5 Å². The number of ketones is 1. The summed E-state index contributed by atoms with van der Waals surface area (Å²) in [6.45, 7) is 0.758. The Kier molecular flexibility index (Phi) is 2.01. The predicted molar refractivity (Wildman–Crippen MR) is 54.3 cm³/mol. The fourth-order valence-corrected chi connectivity index (χ4v) is 3.24. The summed E-state index contributed by atoms with van der Waals surface area (Å²) in [6, 6.07) is 0. The summed E-state index contributed by atoms with van der Waals surface area (Å²) in [4.78, 5) is 12.0. The van der Waals surface area contributed by atoms with E-state index in [1.165, 1.54) is 0 Å². The molecule has 0 unspecified atom stereocenters. The highest BCUT2D eigenvalue weighted by molar-refractivity contribution is 5.95. The molecule has 3 rings (SSSR count). The number of aliphatic hydroxyl groups is 1. The van der Waals surface area contributed by atoms with Crippen LogP contribution in [-0.4, -0.2) is 29.7 Å². The molecule has 2 fully saturated rings. The smallest absolute Gasteiger partial charge is 0.174 e. The molecule has 2 bridgehead atoms. The van der Waals surface area contributed by atoms with E-state index in [1.807, 2.05) is 12.2 Å². The van der Waals surface area contributed by atoms with Gasteiger partial charge in [0.25, 0.3) is 0 Å². The monoisotopic (exact) mass is 208 g/mol. The second kappa shape index (κ2) is 3.16. The molecule has 3 aliphatic rings. The van der Waals surface area contributed by atoms with Crippen LogP contribution in [-0.2, 0) is 9.53 Å². The Bertz CT molecular complexity index is 317. The first-order chi connectivity index (χ1) is 7.24. The lowest BCUT2D eigenvalue weighted by atomic mass is 9.77. The van der Waals surface area contributed by atoms with Gasteiger partial charge in [0.15, 0.2) is 5.78 Å². The molecular formula is C12H16O3. The van der Waals surface area contributed by atoms with Crippen LogP contribution in [0.5, 0.6) is 0 Å². The number of Topliss-reactive ketones (excluding diaryl/α,β-unsaturated/α-hetero) is 1. The Balaban J connectivity index is 1.90. The fourth-order valence-electron chi connectivity index (χ4n) is 3.24. The van der Waals surface area contributed by atoms with Crippen LogP contribution < -0.4 is 0 Å². The lowest BCUT2D eigenvalue weighted by Gasteiger charge is -2.35. The van der Waals surface area contributed by atoms with Crippen molar-refractivity contribution in [3.05, 3.63) is 12.2 Å². The maximum atomic E-state index is 12.0. The zero-order valence-corrected chi connectivity index (χ0v) is 8.69. The molecule has 3 nitrogen and oxygen atoms in total. The van der Waals surface area contributed by atoms with Crippen LogP contribution in [0.25, 0.3) is 0 Å². The van der Waals surface area contributed by atoms with Crippen LogP contribution in [0.1, 0.15) is 25.7 Å². The molecule has 0 amide bonds. The molecule has 0 radical (unpaired) electrons. The summed E-state index contributed by atoms with van der Waals surface area (Å²) in [6.07, 6.45) is 7.16. The van der Waals surface area contributed by atoms with E-state index in [2.05, 4.69) is 0 Å². The van der Waals surface area contributed by atoms with Crippen molar-refractivity contribution in [2.75, 3.05) is 6.61 Å². The molecule has 1 heterocycles. The predicted octanol–water partition coefficient (Wildman–Crippen LogP) is 1.06. The first kappa shape index (κ1) is 9.55.